The first-order valence-corrected chi connectivity index (χ1v) is 9.73. The number of hydrogen-bond donors (Lipinski definition) is 2. The summed E-state index contributed by atoms with van der Waals surface area (Å²) in [4.78, 5) is 55.9. The number of nitrogens with one attached hydrogen (secondary N) is 2. The zero-order valence-electron chi connectivity index (χ0n) is 17.1. The zero-order chi connectivity index (χ0) is 20.8. The highest BCUT2D eigenvalue weighted by Crippen LogP contribution is 2.18. The lowest BCUT2D eigenvalue weighted by molar-refractivity contribution is -0.171. The van der Waals surface area contributed by atoms with Gasteiger partial charge in [-0.1, -0.05) is 0 Å². The second kappa shape index (κ2) is 9.83. The monoisotopic (exact) mass is 407 g/mol. The highest BCUT2D eigenvalue weighted by molar-refractivity contribution is 6.01. The van der Waals surface area contributed by atoms with E-state index < -0.39 is 17.9 Å². The second-order valence-corrected chi connectivity index (χ2v) is 7.53. The minimum Gasteiger partial charge on any atom is -0.355 e. The summed E-state index contributed by atoms with van der Waals surface area (Å²) in [6.07, 6.45) is 0.613. The molecule has 2 fully saturated rings. The number of imide groups is 1. The molecule has 0 aromatic rings. The molecule has 0 spiro atoms. The van der Waals surface area contributed by atoms with E-state index in [1.807, 2.05) is 14.1 Å². The first-order chi connectivity index (χ1) is 13.2. The summed E-state index contributed by atoms with van der Waals surface area (Å²) in [5, 5.41) is 5.96. The number of carbonyl (C=O) groups is 4. The van der Waals surface area contributed by atoms with Crippen LogP contribution < -0.4 is 10.6 Å². The molecule has 2 rings (SSSR count). The van der Waals surface area contributed by atoms with E-state index in [0.29, 0.717) is 37.0 Å². The van der Waals surface area contributed by atoms with Gasteiger partial charge >= 0.3 is 6.09 Å². The minimum atomic E-state index is -0.831. The fourth-order valence-electron chi connectivity index (χ4n) is 3.60. The highest BCUT2D eigenvalue weighted by Gasteiger charge is 2.38. The van der Waals surface area contributed by atoms with Crippen LogP contribution in [0.1, 0.15) is 39.5 Å². The normalized spacial score (nSPS) is 26.4. The summed E-state index contributed by atoms with van der Waals surface area (Å²) in [5.41, 5.74) is 0. The van der Waals surface area contributed by atoms with E-state index >= 15 is 0 Å². The lowest BCUT2D eigenvalue weighted by atomic mass is 10.1. The largest absolute Gasteiger partial charge is 0.432 e. The Hall–Kier alpha value is -2.20. The van der Waals surface area contributed by atoms with Crippen molar-refractivity contribution in [3.63, 3.8) is 0 Å². The number of hydroxylamine groups is 2. The molecule has 10 heteroatoms. The average molecular weight is 407 g/mol. The Morgan fingerprint density at radius 2 is 1.68 bits per heavy atom. The molecule has 0 bridgehead atoms. The van der Waals surface area contributed by atoms with Crippen LogP contribution in [0.5, 0.6) is 0 Å². The molecular weight excluding hydrogens is 376 g/mol. The molecule has 158 valence electrons. The molecule has 0 saturated carbocycles. The van der Waals surface area contributed by atoms with Gasteiger partial charge in [0.2, 0.25) is 5.91 Å². The van der Waals surface area contributed by atoms with Gasteiger partial charge < -0.3 is 15.5 Å². The molecule has 2 N–H and O–H groups in total. The van der Waals surface area contributed by atoms with Crippen molar-refractivity contribution < 1.29 is 24.0 Å². The number of carbonyl (C=O) groups excluding carboxylic acids is 4. The Balaban J connectivity index is 1.61. The number of likely N-dealkylation sites (N-methyl/N-ethyl adjacent to an activating group) is 2. The van der Waals surface area contributed by atoms with E-state index in [4.69, 9.17) is 4.84 Å². The predicted molar refractivity (Wildman–Crippen MR) is 101 cm³/mol. The Morgan fingerprint density at radius 1 is 1.11 bits per heavy atom. The standard InChI is InChI=1S/C18H31N5O5/c1-12-11-21(3)16(13(2)22(12)4)17(26)19-9-5-6-10-20-18(27)28-23-14(24)7-8-15(23)25/h12-13,16H,5-11H2,1-4H3,(H,19,26)(H,20,27)/i3+1,5+1,6+1,9+1,10+1,19+1,20+1,22+1,27+2. The smallest absolute Gasteiger partial charge is 0.355 e. The topological polar surface area (TPSA) is 111 Å². The van der Waals surface area contributed by atoms with Crippen molar-refractivity contribution in [1.29, 1.82) is 0 Å². The lowest BCUT2D eigenvalue weighted by Gasteiger charge is -2.46. The van der Waals surface area contributed by atoms with Crippen LogP contribution in [0.3, 0.4) is 0 Å². The molecule has 3 unspecified atom stereocenters. The van der Waals surface area contributed by atoms with Gasteiger partial charge in [-0.25, -0.2) is 4.79 Å². The number of hydrogen-bond acceptors (Lipinski definition) is 7. The van der Waals surface area contributed by atoms with Gasteiger partial charge in [-0.3, -0.25) is 24.2 Å². The maximum Gasteiger partial charge on any atom is 0.432 e. The van der Waals surface area contributed by atoms with Gasteiger partial charge in [0.1, 0.15) is 6.04 Å². The zero-order valence-corrected chi connectivity index (χ0v) is 17.1. The third-order valence-electron chi connectivity index (χ3n) is 5.44. The molecule has 4 amide bonds. The SMILES string of the molecule is CC1CN([13CH3])C(C(=O)[15NH][13CH2][13CH2][13CH2][13CH2][15NH]C(=[18O])ON2C(=O)CCC2=O)C(C)[15N]1C. The Bertz CT molecular complexity index is 597. The Kier molecular flexibility index (Phi) is 7.76. The van der Waals surface area contributed by atoms with E-state index in [9.17, 15) is 19.2 Å². The van der Waals surface area contributed by atoms with Crippen molar-refractivity contribution in [2.45, 2.75) is 57.7 Å². The molecule has 2 aliphatic rings. The van der Waals surface area contributed by atoms with Gasteiger partial charge in [-0.15, -0.1) is 5.06 Å². The van der Waals surface area contributed by atoms with Crippen LogP contribution in [0.2, 0.25) is 0 Å². The van der Waals surface area contributed by atoms with Crippen LogP contribution in [-0.4, -0.2) is 90.5 Å². The molecule has 10 nitrogen and oxygen atoms in total. The summed E-state index contributed by atoms with van der Waals surface area (Å²) in [6.45, 7) is 5.88. The van der Waals surface area contributed by atoms with E-state index in [1.54, 1.807) is 0 Å². The highest BCUT2D eigenvalue weighted by atomic mass is 18.1. The van der Waals surface area contributed by atoms with Gasteiger partial charge in [0.05, 0.1) is 0 Å². The fraction of sp³-hybridized carbons (Fsp3) is 0.778. The molecule has 0 aromatic carbocycles. The van der Waals surface area contributed by atoms with Gasteiger partial charge in [-0.2, -0.15) is 0 Å². The molecule has 0 aliphatic carbocycles. The van der Waals surface area contributed by atoms with E-state index in [0.717, 1.165) is 6.54 Å². The van der Waals surface area contributed by atoms with Crippen molar-refractivity contribution in [3.8, 4) is 0 Å². The minimum absolute atomic E-state index is 0.00665. The molecule has 2 heterocycles. The first kappa shape index (κ1) is 22.1. The maximum absolute atomic E-state index is 12.5. The lowest BCUT2D eigenvalue weighted by Crippen LogP contribution is -2.64. The molecule has 2 saturated heterocycles. The average Bonchev–Trinajstić information content (AvgIpc) is 2.94. The fourth-order valence-corrected chi connectivity index (χ4v) is 3.60. The number of nitrogens with zero attached hydrogens (tertiary/aromatic N) is 3. The maximum atomic E-state index is 12.5. The van der Waals surface area contributed by atoms with Gasteiger partial charge in [0.25, 0.3) is 11.8 Å². The van der Waals surface area contributed by atoms with E-state index in [2.05, 4.69) is 34.3 Å². The quantitative estimate of drug-likeness (QED) is 0.196. The van der Waals surface area contributed by atoms with Crippen molar-refractivity contribution in [1.82, 2.24) is 25.5 Å². The van der Waals surface area contributed by atoms with Crippen LogP contribution in [0.4, 0.5) is 4.79 Å². The van der Waals surface area contributed by atoms with E-state index in [1.165, 1.54) is 0 Å². The van der Waals surface area contributed by atoms with Gasteiger partial charge in [0.15, 0.2) is 0 Å². The Morgan fingerprint density at radius 3 is 2.29 bits per heavy atom. The first-order valence-electron chi connectivity index (χ1n) is 9.73. The third kappa shape index (κ3) is 5.41. The Labute approximate surface area is 165 Å². The number of rotatable bonds is 7. The predicted octanol–water partition coefficient (Wildman–Crippen LogP) is -0.304. The van der Waals surface area contributed by atoms with Crippen molar-refractivity contribution in [3.05, 3.63) is 0 Å². The molecule has 0 radical (unpaired) electrons. The van der Waals surface area contributed by atoms with Gasteiger partial charge in [-0.05, 0) is 40.8 Å². The summed E-state index contributed by atoms with van der Waals surface area (Å²) >= 11 is 0. The summed E-state index contributed by atoms with van der Waals surface area (Å²) in [5.74, 6) is -1.01. The molecule has 2 aliphatic heterocycles. The third-order valence-corrected chi connectivity index (χ3v) is 5.44. The summed E-state index contributed by atoms with van der Waals surface area (Å²) in [6, 6.07) is 0.340. The van der Waals surface area contributed by atoms with Crippen LogP contribution in [0.25, 0.3) is 0 Å². The number of amides is 4. The van der Waals surface area contributed by atoms with Crippen molar-refractivity contribution in [2.24, 2.45) is 0 Å². The van der Waals surface area contributed by atoms with Crippen molar-refractivity contribution in [2.75, 3.05) is 33.7 Å². The van der Waals surface area contributed by atoms with Crippen LogP contribution >= 0.6 is 0 Å². The van der Waals surface area contributed by atoms with Crippen molar-refractivity contribution >= 4 is 23.8 Å². The van der Waals surface area contributed by atoms with Crippen LogP contribution in [0, 0.1) is 0 Å². The van der Waals surface area contributed by atoms with Crippen LogP contribution in [-0.2, 0) is 19.2 Å². The number of unbranched alkanes of at least 4 members (excludes halogenated alkanes) is 1. The number of piperazine rings is 1. The molecule has 3 atom stereocenters. The van der Waals surface area contributed by atoms with Crippen LogP contribution in [0.15, 0.2) is 0 Å². The molecule has 0 aromatic heterocycles. The van der Waals surface area contributed by atoms with E-state index in [-0.39, 0.29) is 30.8 Å². The molecular formula is C18H31N5O5. The second-order valence-electron chi connectivity index (χ2n) is 7.53. The van der Waals surface area contributed by atoms with Gasteiger partial charge in [0, 0.05) is 44.6 Å². The molecule has 28 heavy (non-hydrogen) atoms. The summed E-state index contributed by atoms with van der Waals surface area (Å²) < 4.78 is 0. The summed E-state index contributed by atoms with van der Waals surface area (Å²) in [7, 11) is 4.01.